The first-order valence-electron chi connectivity index (χ1n) is 9.87. The molecule has 6 nitrogen and oxygen atoms in total. The number of aromatic amines is 2. The number of hydrogen-bond donors (Lipinski definition) is 2. The summed E-state index contributed by atoms with van der Waals surface area (Å²) >= 11 is 6.38. The third-order valence-corrected chi connectivity index (χ3v) is 5.66. The van der Waals surface area contributed by atoms with E-state index >= 15 is 0 Å². The lowest BCUT2D eigenvalue weighted by atomic mass is 10.1. The molecule has 30 heavy (non-hydrogen) atoms. The summed E-state index contributed by atoms with van der Waals surface area (Å²) in [5, 5.41) is 0.464. The van der Waals surface area contributed by atoms with E-state index in [0.29, 0.717) is 24.1 Å². The van der Waals surface area contributed by atoms with Crippen molar-refractivity contribution in [1.29, 1.82) is 0 Å². The zero-order valence-corrected chi connectivity index (χ0v) is 17.0. The topological polar surface area (TPSA) is 77.7 Å². The fourth-order valence-corrected chi connectivity index (χ4v) is 3.99. The van der Waals surface area contributed by atoms with Crippen LogP contribution in [0.25, 0.3) is 22.8 Å². The van der Waals surface area contributed by atoms with Gasteiger partial charge in [-0.25, -0.2) is 9.97 Å². The van der Waals surface area contributed by atoms with Crippen LogP contribution in [0.4, 0.5) is 0 Å². The van der Waals surface area contributed by atoms with Crippen molar-refractivity contribution in [2.75, 3.05) is 6.54 Å². The second-order valence-corrected chi connectivity index (χ2v) is 7.75. The van der Waals surface area contributed by atoms with Crippen LogP contribution in [-0.4, -0.2) is 31.4 Å². The largest absolute Gasteiger partial charge is 0.339 e. The van der Waals surface area contributed by atoms with Gasteiger partial charge in [0.05, 0.1) is 17.0 Å². The average Bonchev–Trinajstić information content (AvgIpc) is 3.15. The Kier molecular flexibility index (Phi) is 4.94. The summed E-state index contributed by atoms with van der Waals surface area (Å²) in [6.07, 6.45) is 0.719. The van der Waals surface area contributed by atoms with Gasteiger partial charge in [0.25, 0.3) is 5.56 Å². The summed E-state index contributed by atoms with van der Waals surface area (Å²) in [7, 11) is 0. The zero-order valence-electron chi connectivity index (χ0n) is 16.2. The molecule has 0 atom stereocenters. The Balaban J connectivity index is 1.37. The number of rotatable bonds is 4. The SMILES string of the molecule is O=c1[nH]c(-c2ccccc2)nc2c1CN(Cc1[nH]c(-c3ccccc3)nc1Cl)CC2. The lowest BCUT2D eigenvalue weighted by Crippen LogP contribution is -2.35. The molecule has 2 aromatic heterocycles. The van der Waals surface area contributed by atoms with Crippen molar-refractivity contribution in [2.45, 2.75) is 19.5 Å². The molecule has 0 saturated heterocycles. The highest BCUT2D eigenvalue weighted by atomic mass is 35.5. The van der Waals surface area contributed by atoms with Crippen LogP contribution in [0.3, 0.4) is 0 Å². The van der Waals surface area contributed by atoms with Gasteiger partial charge < -0.3 is 9.97 Å². The Morgan fingerprint density at radius 1 is 0.900 bits per heavy atom. The van der Waals surface area contributed by atoms with E-state index < -0.39 is 0 Å². The molecule has 1 aliphatic heterocycles. The lowest BCUT2D eigenvalue weighted by Gasteiger charge is -2.27. The van der Waals surface area contributed by atoms with Crippen LogP contribution in [0.5, 0.6) is 0 Å². The van der Waals surface area contributed by atoms with Crippen LogP contribution >= 0.6 is 11.6 Å². The predicted molar refractivity (Wildman–Crippen MR) is 117 cm³/mol. The van der Waals surface area contributed by atoms with E-state index in [2.05, 4.69) is 19.9 Å². The molecule has 0 radical (unpaired) electrons. The molecule has 4 aromatic rings. The molecule has 5 rings (SSSR count). The molecule has 3 heterocycles. The van der Waals surface area contributed by atoms with Crippen LogP contribution < -0.4 is 5.56 Å². The molecule has 0 saturated carbocycles. The number of benzene rings is 2. The number of nitrogens with one attached hydrogen (secondary N) is 2. The summed E-state index contributed by atoms with van der Waals surface area (Å²) in [6, 6.07) is 19.6. The molecule has 0 bridgehead atoms. The normalized spacial score (nSPS) is 13.9. The van der Waals surface area contributed by atoms with E-state index in [1.165, 1.54) is 0 Å². The molecule has 0 aliphatic carbocycles. The maximum Gasteiger partial charge on any atom is 0.255 e. The third kappa shape index (κ3) is 3.67. The summed E-state index contributed by atoms with van der Waals surface area (Å²) in [5.74, 6) is 1.37. The van der Waals surface area contributed by atoms with Gasteiger partial charge in [-0.15, -0.1) is 0 Å². The second-order valence-electron chi connectivity index (χ2n) is 7.39. The molecular weight excluding hydrogens is 398 g/mol. The summed E-state index contributed by atoms with van der Waals surface area (Å²) < 4.78 is 0. The minimum absolute atomic E-state index is 0.0794. The van der Waals surface area contributed by atoms with Crippen molar-refractivity contribution in [3.63, 3.8) is 0 Å². The average molecular weight is 418 g/mol. The van der Waals surface area contributed by atoms with Crippen LogP contribution in [0.1, 0.15) is 17.0 Å². The Morgan fingerprint density at radius 2 is 1.53 bits per heavy atom. The highest BCUT2D eigenvalue weighted by molar-refractivity contribution is 6.30. The molecule has 0 amide bonds. The van der Waals surface area contributed by atoms with Crippen molar-refractivity contribution in [3.05, 3.63) is 93.1 Å². The molecule has 7 heteroatoms. The minimum atomic E-state index is -0.0794. The third-order valence-electron chi connectivity index (χ3n) is 5.35. The van der Waals surface area contributed by atoms with Crippen molar-refractivity contribution in [1.82, 2.24) is 24.8 Å². The van der Waals surface area contributed by atoms with E-state index in [9.17, 15) is 4.79 Å². The molecule has 1 aliphatic rings. The van der Waals surface area contributed by atoms with Gasteiger partial charge in [0.15, 0.2) is 5.15 Å². The van der Waals surface area contributed by atoms with Crippen molar-refractivity contribution in [2.24, 2.45) is 0 Å². The quantitative estimate of drug-likeness (QED) is 0.525. The van der Waals surface area contributed by atoms with Gasteiger partial charge in [-0.05, 0) is 0 Å². The van der Waals surface area contributed by atoms with Gasteiger partial charge in [0, 0.05) is 37.2 Å². The van der Waals surface area contributed by atoms with Gasteiger partial charge in [-0.2, -0.15) is 0 Å². The summed E-state index contributed by atoms with van der Waals surface area (Å²) in [4.78, 5) is 30.4. The Hall–Kier alpha value is -3.22. The van der Waals surface area contributed by atoms with Gasteiger partial charge in [-0.3, -0.25) is 9.69 Å². The number of nitrogens with zero attached hydrogens (tertiary/aromatic N) is 3. The van der Waals surface area contributed by atoms with Gasteiger partial charge in [-0.1, -0.05) is 72.3 Å². The van der Waals surface area contributed by atoms with Gasteiger partial charge >= 0.3 is 0 Å². The summed E-state index contributed by atoms with van der Waals surface area (Å²) in [6.45, 7) is 1.93. The first-order chi connectivity index (χ1) is 14.7. The second kappa shape index (κ2) is 7.89. The number of imidazole rings is 1. The molecular formula is C23H20ClN5O. The number of H-pyrrole nitrogens is 2. The van der Waals surface area contributed by atoms with E-state index in [0.717, 1.165) is 46.9 Å². The number of aromatic nitrogens is 4. The van der Waals surface area contributed by atoms with Crippen LogP contribution in [0, 0.1) is 0 Å². The first-order valence-corrected chi connectivity index (χ1v) is 10.2. The first kappa shape index (κ1) is 18.8. The summed E-state index contributed by atoms with van der Waals surface area (Å²) in [5.41, 5.74) is 4.27. The minimum Gasteiger partial charge on any atom is -0.339 e. The smallest absolute Gasteiger partial charge is 0.255 e. The Morgan fingerprint density at radius 3 is 2.20 bits per heavy atom. The molecule has 0 fully saturated rings. The highest BCUT2D eigenvalue weighted by Gasteiger charge is 2.23. The number of hydrogen-bond acceptors (Lipinski definition) is 4. The molecule has 2 aromatic carbocycles. The fraction of sp³-hybridized carbons (Fsp3) is 0.174. The van der Waals surface area contributed by atoms with Crippen molar-refractivity contribution >= 4 is 11.6 Å². The Labute approximate surface area is 178 Å². The molecule has 0 unspecified atom stereocenters. The fourth-order valence-electron chi connectivity index (χ4n) is 3.80. The maximum absolute atomic E-state index is 12.7. The van der Waals surface area contributed by atoms with Crippen molar-refractivity contribution in [3.8, 4) is 22.8 Å². The predicted octanol–water partition coefficient (Wildman–Crippen LogP) is 4.04. The van der Waals surface area contributed by atoms with E-state index in [1.807, 2.05) is 60.7 Å². The molecule has 0 spiro atoms. The monoisotopic (exact) mass is 417 g/mol. The van der Waals surface area contributed by atoms with E-state index in [1.54, 1.807) is 0 Å². The molecule has 2 N–H and O–H groups in total. The Bertz CT molecular complexity index is 1230. The van der Waals surface area contributed by atoms with Crippen LogP contribution in [0.2, 0.25) is 5.15 Å². The zero-order chi connectivity index (χ0) is 20.5. The van der Waals surface area contributed by atoms with Crippen molar-refractivity contribution < 1.29 is 0 Å². The highest BCUT2D eigenvalue weighted by Crippen LogP contribution is 2.24. The van der Waals surface area contributed by atoms with Gasteiger partial charge in [0.2, 0.25) is 0 Å². The number of fused-ring (bicyclic) bond motifs is 1. The van der Waals surface area contributed by atoms with E-state index in [4.69, 9.17) is 16.6 Å². The van der Waals surface area contributed by atoms with Gasteiger partial charge in [0.1, 0.15) is 11.6 Å². The maximum atomic E-state index is 12.7. The van der Waals surface area contributed by atoms with E-state index in [-0.39, 0.29) is 5.56 Å². The standard InChI is InChI=1S/C23H20ClN5O/c24-20-19(26-21(27-20)15-7-3-1-4-8-15)14-29-12-11-18-17(13-29)23(30)28-22(25-18)16-9-5-2-6-10-16/h1-10H,11-14H2,(H,26,27)(H,25,28,30). The van der Waals surface area contributed by atoms with Crippen LogP contribution in [0.15, 0.2) is 65.5 Å². The van der Waals surface area contributed by atoms with Crippen LogP contribution in [-0.2, 0) is 19.5 Å². The lowest BCUT2D eigenvalue weighted by molar-refractivity contribution is 0.239. The number of halogens is 1. The molecule has 150 valence electrons.